The second-order valence-electron chi connectivity index (χ2n) is 4.32. The number of hydrogen-bond donors (Lipinski definition) is 1. The van der Waals surface area contributed by atoms with E-state index in [0.29, 0.717) is 0 Å². The largest absolute Gasteiger partial charge is 0.309 e. The topological polar surface area (TPSA) is 24.9 Å². The highest BCUT2D eigenvalue weighted by Crippen LogP contribution is 2.32. The van der Waals surface area contributed by atoms with Crippen molar-refractivity contribution < 1.29 is 0 Å². The lowest BCUT2D eigenvalue weighted by atomic mass is 10.0. The van der Waals surface area contributed by atoms with E-state index in [-0.39, 0.29) is 6.04 Å². The van der Waals surface area contributed by atoms with Crippen molar-refractivity contribution >= 4 is 38.2 Å². The van der Waals surface area contributed by atoms with Gasteiger partial charge in [-0.15, -0.1) is 11.3 Å². The Hall–Kier alpha value is -1.23. The minimum Gasteiger partial charge on any atom is -0.309 e. The first-order chi connectivity index (χ1) is 9.28. The van der Waals surface area contributed by atoms with E-state index in [1.165, 1.54) is 15.8 Å². The summed E-state index contributed by atoms with van der Waals surface area (Å²) in [6, 6.07) is 15.0. The van der Waals surface area contributed by atoms with Gasteiger partial charge in [0.25, 0.3) is 0 Å². The number of nitrogens with one attached hydrogen (secondary N) is 1. The van der Waals surface area contributed by atoms with Crippen LogP contribution in [-0.4, -0.2) is 12.0 Å². The second-order valence-corrected chi connectivity index (χ2v) is 6.81. The number of rotatable bonds is 3. The van der Waals surface area contributed by atoms with Crippen LogP contribution < -0.4 is 5.32 Å². The van der Waals surface area contributed by atoms with Crippen molar-refractivity contribution in [3.63, 3.8) is 0 Å². The average molecular weight is 333 g/mol. The Labute approximate surface area is 124 Å². The summed E-state index contributed by atoms with van der Waals surface area (Å²) in [4.78, 5) is 5.66. The first-order valence-corrected chi connectivity index (χ1v) is 7.66. The molecule has 0 saturated carbocycles. The van der Waals surface area contributed by atoms with Crippen LogP contribution in [0.15, 0.2) is 52.4 Å². The molecule has 0 saturated heterocycles. The van der Waals surface area contributed by atoms with Gasteiger partial charge in [0.15, 0.2) is 0 Å². The molecule has 19 heavy (non-hydrogen) atoms. The molecule has 0 bridgehead atoms. The van der Waals surface area contributed by atoms with E-state index >= 15 is 0 Å². The number of thiophene rings is 1. The quantitative estimate of drug-likeness (QED) is 0.770. The standard InChI is InChI=1S/C15H13BrN2S/c1-17-15(13-6-7-14(16)19-13)11-4-5-12-10(9-11)3-2-8-18-12/h2-9,15,17H,1H3. The van der Waals surface area contributed by atoms with Gasteiger partial charge in [0.05, 0.1) is 15.3 Å². The summed E-state index contributed by atoms with van der Waals surface area (Å²) in [5.74, 6) is 0. The number of hydrogen-bond acceptors (Lipinski definition) is 3. The molecule has 0 aliphatic heterocycles. The molecule has 2 aromatic heterocycles. The third kappa shape index (κ3) is 2.56. The molecule has 1 N–H and O–H groups in total. The van der Waals surface area contributed by atoms with Crippen molar-refractivity contribution in [1.29, 1.82) is 0 Å². The first kappa shape index (κ1) is 12.8. The van der Waals surface area contributed by atoms with Crippen molar-refractivity contribution in [3.8, 4) is 0 Å². The third-order valence-electron chi connectivity index (χ3n) is 3.13. The Morgan fingerprint density at radius 2 is 2.11 bits per heavy atom. The van der Waals surface area contributed by atoms with Crippen molar-refractivity contribution in [3.05, 3.63) is 62.9 Å². The molecule has 0 spiro atoms. The van der Waals surface area contributed by atoms with Gasteiger partial charge in [-0.3, -0.25) is 4.98 Å². The highest BCUT2D eigenvalue weighted by Gasteiger charge is 2.14. The van der Waals surface area contributed by atoms with Crippen LogP contribution in [0.1, 0.15) is 16.5 Å². The van der Waals surface area contributed by atoms with Crippen molar-refractivity contribution in [1.82, 2.24) is 10.3 Å². The number of fused-ring (bicyclic) bond motifs is 1. The van der Waals surface area contributed by atoms with Crippen LogP contribution in [0.3, 0.4) is 0 Å². The van der Waals surface area contributed by atoms with Gasteiger partial charge in [-0.2, -0.15) is 0 Å². The molecule has 2 heterocycles. The number of pyridine rings is 1. The van der Waals surface area contributed by atoms with E-state index in [9.17, 15) is 0 Å². The molecule has 1 aromatic carbocycles. The van der Waals surface area contributed by atoms with Gasteiger partial charge >= 0.3 is 0 Å². The Balaban J connectivity index is 2.06. The lowest BCUT2D eigenvalue weighted by molar-refractivity contribution is 0.705. The van der Waals surface area contributed by atoms with E-state index in [2.05, 4.69) is 62.6 Å². The van der Waals surface area contributed by atoms with Crippen LogP contribution >= 0.6 is 27.3 Å². The summed E-state index contributed by atoms with van der Waals surface area (Å²) in [6.45, 7) is 0. The molecule has 3 aromatic rings. The molecule has 0 fully saturated rings. The van der Waals surface area contributed by atoms with Gasteiger partial charge < -0.3 is 5.32 Å². The summed E-state index contributed by atoms with van der Waals surface area (Å²) >= 11 is 5.28. The zero-order valence-corrected chi connectivity index (χ0v) is 12.8. The number of halogens is 1. The predicted molar refractivity (Wildman–Crippen MR) is 84.7 cm³/mol. The monoisotopic (exact) mass is 332 g/mol. The van der Waals surface area contributed by atoms with E-state index in [1.54, 1.807) is 11.3 Å². The molecular weight excluding hydrogens is 320 g/mol. The first-order valence-electron chi connectivity index (χ1n) is 6.05. The Morgan fingerprint density at radius 1 is 1.21 bits per heavy atom. The maximum Gasteiger partial charge on any atom is 0.0702 e. The molecule has 0 amide bonds. The summed E-state index contributed by atoms with van der Waals surface area (Å²) in [7, 11) is 1.99. The zero-order valence-electron chi connectivity index (χ0n) is 10.4. The average Bonchev–Trinajstić information content (AvgIpc) is 2.86. The second kappa shape index (κ2) is 5.41. The van der Waals surface area contributed by atoms with Crippen LogP contribution in [0.2, 0.25) is 0 Å². The van der Waals surface area contributed by atoms with Crippen LogP contribution in [-0.2, 0) is 0 Å². The van der Waals surface area contributed by atoms with E-state index in [0.717, 1.165) is 9.30 Å². The molecule has 1 unspecified atom stereocenters. The van der Waals surface area contributed by atoms with Gasteiger partial charge in [-0.1, -0.05) is 12.1 Å². The summed E-state index contributed by atoms with van der Waals surface area (Å²) < 4.78 is 1.16. The fourth-order valence-corrected chi connectivity index (χ4v) is 3.79. The Morgan fingerprint density at radius 3 is 2.84 bits per heavy atom. The molecule has 1 atom stereocenters. The van der Waals surface area contributed by atoms with E-state index < -0.39 is 0 Å². The van der Waals surface area contributed by atoms with Crippen LogP contribution in [0.5, 0.6) is 0 Å². The number of nitrogens with zero attached hydrogens (tertiary/aromatic N) is 1. The molecule has 3 rings (SSSR count). The van der Waals surface area contributed by atoms with Gasteiger partial charge in [0.1, 0.15) is 0 Å². The van der Waals surface area contributed by atoms with Crippen LogP contribution in [0, 0.1) is 0 Å². The molecule has 2 nitrogen and oxygen atoms in total. The SMILES string of the molecule is CNC(c1ccc2ncccc2c1)c1ccc(Br)s1. The Kier molecular flexibility index (Phi) is 3.64. The summed E-state index contributed by atoms with van der Waals surface area (Å²) in [6.07, 6.45) is 1.83. The zero-order chi connectivity index (χ0) is 13.2. The molecule has 4 heteroatoms. The summed E-state index contributed by atoms with van der Waals surface area (Å²) in [5.41, 5.74) is 2.30. The predicted octanol–water partition coefficient (Wildman–Crippen LogP) is 4.37. The van der Waals surface area contributed by atoms with E-state index in [1.807, 2.05) is 19.3 Å². The van der Waals surface area contributed by atoms with Crippen molar-refractivity contribution in [2.45, 2.75) is 6.04 Å². The number of benzene rings is 1. The maximum absolute atomic E-state index is 4.36. The van der Waals surface area contributed by atoms with Crippen LogP contribution in [0.4, 0.5) is 0 Å². The highest BCUT2D eigenvalue weighted by atomic mass is 79.9. The van der Waals surface area contributed by atoms with Gasteiger partial charge in [0.2, 0.25) is 0 Å². The minimum absolute atomic E-state index is 0.223. The highest BCUT2D eigenvalue weighted by molar-refractivity contribution is 9.11. The Bertz CT molecular complexity index is 708. The third-order valence-corrected chi connectivity index (χ3v) is 4.82. The lowest BCUT2D eigenvalue weighted by Gasteiger charge is -2.15. The molecule has 0 aliphatic rings. The molecule has 0 radical (unpaired) electrons. The molecule has 0 aliphatic carbocycles. The van der Waals surface area contributed by atoms with E-state index in [4.69, 9.17) is 0 Å². The normalized spacial score (nSPS) is 12.7. The fraction of sp³-hybridized carbons (Fsp3) is 0.133. The smallest absolute Gasteiger partial charge is 0.0702 e. The maximum atomic E-state index is 4.36. The number of aromatic nitrogens is 1. The lowest BCUT2D eigenvalue weighted by Crippen LogP contribution is -2.16. The molecule has 96 valence electrons. The van der Waals surface area contributed by atoms with Gasteiger partial charge in [-0.05, 0) is 58.9 Å². The van der Waals surface area contributed by atoms with Crippen molar-refractivity contribution in [2.24, 2.45) is 0 Å². The fourth-order valence-electron chi connectivity index (χ4n) is 2.23. The van der Waals surface area contributed by atoms with Gasteiger partial charge in [-0.25, -0.2) is 0 Å². The summed E-state index contributed by atoms with van der Waals surface area (Å²) in [5, 5.41) is 4.56. The minimum atomic E-state index is 0.223. The van der Waals surface area contributed by atoms with Crippen LogP contribution in [0.25, 0.3) is 10.9 Å². The van der Waals surface area contributed by atoms with Gasteiger partial charge in [0, 0.05) is 16.5 Å². The van der Waals surface area contributed by atoms with Crippen molar-refractivity contribution in [2.75, 3.05) is 7.05 Å². The molecular formula is C15H13BrN2S.